The summed E-state index contributed by atoms with van der Waals surface area (Å²) >= 11 is 11.8. The van der Waals surface area contributed by atoms with E-state index in [1.165, 1.54) is 0 Å². The predicted octanol–water partition coefficient (Wildman–Crippen LogP) is 0.542. The molecule has 1 fully saturated rings. The van der Waals surface area contributed by atoms with E-state index >= 15 is 0 Å². The summed E-state index contributed by atoms with van der Waals surface area (Å²) in [6, 6.07) is 0. The molecule has 0 aliphatic carbocycles. The summed E-state index contributed by atoms with van der Waals surface area (Å²) < 4.78 is 3.27. The molecule has 1 saturated heterocycles. The van der Waals surface area contributed by atoms with Gasteiger partial charge in [0, 0.05) is 6.54 Å². The summed E-state index contributed by atoms with van der Waals surface area (Å²) in [5.74, 6) is 0. The number of hydrogen-bond donors (Lipinski definition) is 1. The second kappa shape index (κ2) is 6.85. The summed E-state index contributed by atoms with van der Waals surface area (Å²) in [5, 5.41) is 2.00. The van der Waals surface area contributed by atoms with Gasteiger partial charge in [-0.25, -0.2) is 5.01 Å². The van der Waals surface area contributed by atoms with Gasteiger partial charge in [-0.3, -0.25) is 5.43 Å². The number of hydrogen-bond acceptors (Lipinski definition) is 5. The van der Waals surface area contributed by atoms with E-state index in [4.69, 9.17) is 23.6 Å². The molecule has 1 aliphatic heterocycles. The van der Waals surface area contributed by atoms with Crippen LogP contribution in [0.1, 0.15) is 6.42 Å². The lowest BCUT2D eigenvalue weighted by atomic mass is 10.4. The summed E-state index contributed by atoms with van der Waals surface area (Å²) in [6.07, 6.45) is 1.11. The maximum absolute atomic E-state index is 5.89. The highest BCUT2D eigenvalue weighted by atomic mass is 35.5. The molecule has 0 saturated carbocycles. The van der Waals surface area contributed by atoms with Gasteiger partial charge < -0.3 is 4.90 Å². The normalized spacial score (nSPS) is 21.4. The molecule has 5 nitrogen and oxygen atoms in total. The van der Waals surface area contributed by atoms with E-state index in [2.05, 4.69) is 24.4 Å². The Bertz CT molecular complexity index is 170. The molecule has 0 unspecified atom stereocenters. The van der Waals surface area contributed by atoms with Gasteiger partial charge in [0.15, 0.2) is 0 Å². The lowest BCUT2D eigenvalue weighted by Crippen LogP contribution is -2.54. The van der Waals surface area contributed by atoms with Crippen molar-refractivity contribution in [1.29, 1.82) is 0 Å². The minimum atomic E-state index is 0.582. The minimum absolute atomic E-state index is 0.582. The van der Waals surface area contributed by atoms with Gasteiger partial charge in [-0.1, -0.05) is 0 Å². The van der Waals surface area contributed by atoms with E-state index < -0.39 is 0 Å². The van der Waals surface area contributed by atoms with Crippen LogP contribution in [0.3, 0.4) is 0 Å². The fourth-order valence-corrected chi connectivity index (χ4v) is 1.97. The van der Waals surface area contributed by atoms with Crippen LogP contribution >= 0.6 is 23.6 Å². The Hall–Kier alpha value is 0.380. The third-order valence-corrected chi connectivity index (χ3v) is 2.50. The first-order chi connectivity index (χ1) is 7.08. The molecule has 0 bridgehead atoms. The molecule has 1 aliphatic rings. The molecule has 1 N–H and O–H groups in total. The van der Waals surface area contributed by atoms with E-state index in [0.717, 1.165) is 19.5 Å². The highest BCUT2D eigenvalue weighted by molar-refractivity contribution is 6.15. The van der Waals surface area contributed by atoms with Gasteiger partial charge in [-0.15, -0.1) is 0 Å². The van der Waals surface area contributed by atoms with Gasteiger partial charge in [0.05, 0.1) is 20.0 Å². The molecule has 0 aromatic heterocycles. The third kappa shape index (κ3) is 5.87. The van der Waals surface area contributed by atoms with E-state index in [1.807, 2.05) is 5.01 Å². The monoisotopic (exact) mass is 255 g/mol. The van der Waals surface area contributed by atoms with Gasteiger partial charge in [-0.2, -0.15) is 8.84 Å². The molecule has 7 heteroatoms. The van der Waals surface area contributed by atoms with Crippen LogP contribution < -0.4 is 5.43 Å². The van der Waals surface area contributed by atoms with Crippen molar-refractivity contribution in [3.63, 3.8) is 0 Å². The maximum atomic E-state index is 5.89. The van der Waals surface area contributed by atoms with Gasteiger partial charge in [0.25, 0.3) is 0 Å². The predicted molar refractivity (Wildman–Crippen MR) is 63.0 cm³/mol. The van der Waals surface area contributed by atoms with Crippen molar-refractivity contribution < 1.29 is 0 Å². The molecule has 0 aromatic rings. The SMILES string of the molecule is CN(C)CCCNN1CN(Cl)CN(Cl)C1. The van der Waals surface area contributed by atoms with Gasteiger partial charge in [0.2, 0.25) is 0 Å². The molecule has 90 valence electrons. The quantitative estimate of drug-likeness (QED) is 0.572. The topological polar surface area (TPSA) is 25.0 Å². The highest BCUT2D eigenvalue weighted by Crippen LogP contribution is 2.09. The van der Waals surface area contributed by atoms with Crippen molar-refractivity contribution in [2.24, 2.45) is 0 Å². The Morgan fingerprint density at radius 3 is 2.27 bits per heavy atom. The maximum Gasteiger partial charge on any atom is 0.0828 e. The van der Waals surface area contributed by atoms with Gasteiger partial charge in [-0.05, 0) is 50.6 Å². The molecule has 0 atom stereocenters. The number of rotatable bonds is 5. The Balaban J connectivity index is 2.10. The van der Waals surface area contributed by atoms with Gasteiger partial charge in [0.1, 0.15) is 0 Å². The highest BCUT2D eigenvalue weighted by Gasteiger charge is 2.20. The largest absolute Gasteiger partial charge is 0.309 e. The van der Waals surface area contributed by atoms with Crippen LogP contribution in [0.2, 0.25) is 0 Å². The molecule has 0 spiro atoms. The Morgan fingerprint density at radius 1 is 1.13 bits per heavy atom. The Labute approximate surface area is 102 Å². The molecule has 0 amide bonds. The molecular formula is C8H19Cl2N5. The second-order valence-corrected chi connectivity index (χ2v) is 4.91. The third-order valence-electron chi connectivity index (χ3n) is 2.07. The summed E-state index contributed by atoms with van der Waals surface area (Å²) in [4.78, 5) is 2.17. The Morgan fingerprint density at radius 2 is 1.73 bits per heavy atom. The van der Waals surface area contributed by atoms with Crippen molar-refractivity contribution in [2.75, 3.05) is 47.2 Å². The van der Waals surface area contributed by atoms with Crippen LogP contribution in [0.5, 0.6) is 0 Å². The smallest absolute Gasteiger partial charge is 0.0828 e. The van der Waals surface area contributed by atoms with Crippen LogP contribution in [0.25, 0.3) is 0 Å². The van der Waals surface area contributed by atoms with E-state index in [0.29, 0.717) is 20.0 Å². The average molecular weight is 256 g/mol. The molecule has 1 rings (SSSR count). The number of nitrogens with zero attached hydrogens (tertiary/aromatic N) is 4. The Kier molecular flexibility index (Phi) is 6.14. The standard InChI is InChI=1S/C8H19Cl2N5/c1-12(2)5-3-4-11-15-7-13(9)6-14(10)8-15/h11H,3-8H2,1-2H3. The van der Waals surface area contributed by atoms with Crippen LogP contribution in [0.4, 0.5) is 0 Å². The zero-order valence-electron chi connectivity index (χ0n) is 9.29. The fraction of sp³-hybridized carbons (Fsp3) is 1.00. The van der Waals surface area contributed by atoms with E-state index in [1.54, 1.807) is 8.84 Å². The fourth-order valence-electron chi connectivity index (χ4n) is 1.40. The lowest BCUT2D eigenvalue weighted by Gasteiger charge is -2.35. The van der Waals surface area contributed by atoms with Crippen molar-refractivity contribution in [3.05, 3.63) is 0 Å². The van der Waals surface area contributed by atoms with Gasteiger partial charge >= 0.3 is 0 Å². The van der Waals surface area contributed by atoms with Crippen LogP contribution in [-0.2, 0) is 0 Å². The van der Waals surface area contributed by atoms with Crippen molar-refractivity contribution in [3.8, 4) is 0 Å². The molecule has 1 heterocycles. The molecule has 15 heavy (non-hydrogen) atoms. The zero-order chi connectivity index (χ0) is 11.3. The van der Waals surface area contributed by atoms with Crippen molar-refractivity contribution in [1.82, 2.24) is 24.2 Å². The molecule has 0 aromatic carbocycles. The second-order valence-electron chi connectivity index (χ2n) is 3.95. The first-order valence-electron chi connectivity index (χ1n) is 5.02. The summed E-state index contributed by atoms with van der Waals surface area (Å²) in [7, 11) is 4.14. The van der Waals surface area contributed by atoms with Crippen LogP contribution in [-0.4, -0.2) is 65.9 Å². The average Bonchev–Trinajstić information content (AvgIpc) is 2.10. The lowest BCUT2D eigenvalue weighted by molar-refractivity contribution is 0.0249. The molecule has 0 radical (unpaired) electrons. The first kappa shape index (κ1) is 13.4. The van der Waals surface area contributed by atoms with Crippen LogP contribution in [0, 0.1) is 0 Å². The van der Waals surface area contributed by atoms with Crippen molar-refractivity contribution >= 4 is 23.6 Å². The zero-order valence-corrected chi connectivity index (χ0v) is 10.8. The molecular weight excluding hydrogens is 237 g/mol. The number of halogens is 2. The summed E-state index contributed by atoms with van der Waals surface area (Å²) in [6.45, 7) is 3.97. The number of hydrazine groups is 1. The first-order valence-corrected chi connectivity index (χ1v) is 5.70. The van der Waals surface area contributed by atoms with E-state index in [9.17, 15) is 0 Å². The summed E-state index contributed by atoms with van der Waals surface area (Å²) in [5.41, 5.74) is 3.29. The van der Waals surface area contributed by atoms with E-state index in [-0.39, 0.29) is 0 Å². The number of nitrogens with one attached hydrogen (secondary N) is 1. The van der Waals surface area contributed by atoms with Crippen LogP contribution in [0.15, 0.2) is 0 Å². The minimum Gasteiger partial charge on any atom is -0.309 e. The van der Waals surface area contributed by atoms with Crippen molar-refractivity contribution in [2.45, 2.75) is 6.42 Å².